The Labute approximate surface area is 123 Å². The number of rotatable bonds is 4. The van der Waals surface area contributed by atoms with Crippen LogP contribution in [-0.2, 0) is 0 Å². The van der Waals surface area contributed by atoms with Gasteiger partial charge in [-0.3, -0.25) is 4.90 Å². The van der Waals surface area contributed by atoms with Crippen molar-refractivity contribution in [1.82, 2.24) is 10.2 Å². The van der Waals surface area contributed by atoms with Crippen LogP contribution in [0.25, 0.3) is 0 Å². The van der Waals surface area contributed by atoms with Gasteiger partial charge in [0.2, 0.25) is 0 Å². The zero-order valence-corrected chi connectivity index (χ0v) is 13.5. The van der Waals surface area contributed by atoms with Gasteiger partial charge in [0, 0.05) is 24.4 Å². The van der Waals surface area contributed by atoms with Crippen molar-refractivity contribution >= 4 is 11.8 Å². The van der Waals surface area contributed by atoms with Crippen LogP contribution in [0.2, 0.25) is 0 Å². The van der Waals surface area contributed by atoms with E-state index < -0.39 is 0 Å². The highest BCUT2D eigenvalue weighted by Crippen LogP contribution is 2.40. The third-order valence-corrected chi connectivity index (χ3v) is 6.55. The molecule has 1 N–H and O–H groups in total. The van der Waals surface area contributed by atoms with Gasteiger partial charge in [-0.05, 0) is 62.3 Å². The second-order valence-corrected chi connectivity index (χ2v) is 8.71. The highest BCUT2D eigenvalue weighted by molar-refractivity contribution is 7.99. The van der Waals surface area contributed by atoms with E-state index in [4.69, 9.17) is 0 Å². The molecule has 0 radical (unpaired) electrons. The van der Waals surface area contributed by atoms with E-state index in [0.29, 0.717) is 5.41 Å². The molecule has 1 aliphatic carbocycles. The predicted molar refractivity (Wildman–Crippen MR) is 84.8 cm³/mol. The Morgan fingerprint density at radius 3 is 2.68 bits per heavy atom. The normalized spacial score (nSPS) is 35.5. The van der Waals surface area contributed by atoms with Gasteiger partial charge in [0.25, 0.3) is 0 Å². The standard InChI is InChI=1S/C16H30N2S/c1-16(2)8-15(11-19-12-16)18(14-5-6-14)10-13-4-3-7-17-9-13/h13-15,17H,3-12H2,1-2H3. The van der Waals surface area contributed by atoms with Crippen LogP contribution in [-0.4, -0.2) is 48.1 Å². The maximum Gasteiger partial charge on any atom is 0.0194 e. The zero-order chi connectivity index (χ0) is 13.3. The van der Waals surface area contributed by atoms with Gasteiger partial charge in [-0.1, -0.05) is 13.8 Å². The van der Waals surface area contributed by atoms with Crippen molar-refractivity contribution in [3.05, 3.63) is 0 Å². The summed E-state index contributed by atoms with van der Waals surface area (Å²) in [6, 6.07) is 1.78. The molecule has 0 aromatic carbocycles. The van der Waals surface area contributed by atoms with E-state index in [1.54, 1.807) is 0 Å². The Morgan fingerprint density at radius 1 is 1.21 bits per heavy atom. The first-order valence-electron chi connectivity index (χ1n) is 8.18. The summed E-state index contributed by atoms with van der Waals surface area (Å²) in [7, 11) is 0. The lowest BCUT2D eigenvalue weighted by atomic mass is 9.86. The van der Waals surface area contributed by atoms with E-state index in [9.17, 15) is 0 Å². The molecule has 0 aromatic heterocycles. The first-order valence-corrected chi connectivity index (χ1v) is 9.34. The summed E-state index contributed by atoms with van der Waals surface area (Å²) >= 11 is 2.19. The van der Waals surface area contributed by atoms with Crippen LogP contribution in [0.3, 0.4) is 0 Å². The highest BCUT2D eigenvalue weighted by atomic mass is 32.2. The summed E-state index contributed by atoms with van der Waals surface area (Å²) in [4.78, 5) is 2.91. The van der Waals surface area contributed by atoms with Crippen molar-refractivity contribution in [2.45, 2.75) is 58.0 Å². The van der Waals surface area contributed by atoms with Crippen LogP contribution < -0.4 is 5.32 Å². The molecule has 0 aromatic rings. The second-order valence-electron chi connectivity index (χ2n) is 7.68. The molecule has 2 aliphatic heterocycles. The first kappa shape index (κ1) is 14.2. The Morgan fingerprint density at radius 2 is 2.05 bits per heavy atom. The number of hydrogen-bond acceptors (Lipinski definition) is 3. The second kappa shape index (κ2) is 5.95. The van der Waals surface area contributed by atoms with Gasteiger partial charge < -0.3 is 5.32 Å². The minimum atomic E-state index is 0.547. The fourth-order valence-electron chi connectivity index (χ4n) is 3.82. The molecular weight excluding hydrogens is 252 g/mol. The molecular formula is C16H30N2S. The lowest BCUT2D eigenvalue weighted by molar-refractivity contribution is 0.121. The van der Waals surface area contributed by atoms with Crippen molar-refractivity contribution in [3.63, 3.8) is 0 Å². The van der Waals surface area contributed by atoms with E-state index in [-0.39, 0.29) is 0 Å². The molecule has 2 saturated heterocycles. The van der Waals surface area contributed by atoms with E-state index in [2.05, 4.69) is 35.8 Å². The topological polar surface area (TPSA) is 15.3 Å². The van der Waals surface area contributed by atoms with Crippen molar-refractivity contribution in [2.24, 2.45) is 11.3 Å². The average molecular weight is 282 g/mol. The summed E-state index contributed by atoms with van der Waals surface area (Å²) in [5.41, 5.74) is 0.547. The highest BCUT2D eigenvalue weighted by Gasteiger charge is 2.39. The van der Waals surface area contributed by atoms with E-state index in [1.807, 2.05) is 0 Å². The molecule has 2 unspecified atom stereocenters. The molecule has 0 amide bonds. The van der Waals surface area contributed by atoms with Crippen LogP contribution in [0, 0.1) is 11.3 Å². The van der Waals surface area contributed by atoms with Crippen LogP contribution in [0.5, 0.6) is 0 Å². The predicted octanol–water partition coefficient (Wildman–Crippen LogP) is 2.98. The average Bonchev–Trinajstić information content (AvgIpc) is 3.20. The molecule has 3 fully saturated rings. The molecule has 19 heavy (non-hydrogen) atoms. The Hall–Kier alpha value is 0.270. The summed E-state index contributed by atoms with van der Waals surface area (Å²) in [5.74, 6) is 3.64. The summed E-state index contributed by atoms with van der Waals surface area (Å²) in [5, 5.41) is 3.59. The molecule has 3 heteroatoms. The zero-order valence-electron chi connectivity index (χ0n) is 12.7. The van der Waals surface area contributed by atoms with Crippen LogP contribution in [0.15, 0.2) is 0 Å². The van der Waals surface area contributed by atoms with Gasteiger partial charge in [-0.25, -0.2) is 0 Å². The monoisotopic (exact) mass is 282 g/mol. The number of hydrogen-bond donors (Lipinski definition) is 1. The van der Waals surface area contributed by atoms with Gasteiger partial charge >= 0.3 is 0 Å². The molecule has 2 nitrogen and oxygen atoms in total. The quantitative estimate of drug-likeness (QED) is 0.853. The molecule has 0 bridgehead atoms. The minimum absolute atomic E-state index is 0.547. The number of nitrogens with one attached hydrogen (secondary N) is 1. The third kappa shape index (κ3) is 3.89. The minimum Gasteiger partial charge on any atom is -0.316 e. The molecule has 3 rings (SSSR count). The number of nitrogens with zero attached hydrogens (tertiary/aromatic N) is 1. The van der Waals surface area contributed by atoms with E-state index in [0.717, 1.165) is 18.0 Å². The largest absolute Gasteiger partial charge is 0.316 e. The lowest BCUT2D eigenvalue weighted by Crippen LogP contribution is -2.48. The lowest BCUT2D eigenvalue weighted by Gasteiger charge is -2.42. The maximum absolute atomic E-state index is 3.59. The van der Waals surface area contributed by atoms with Gasteiger partial charge in [-0.2, -0.15) is 11.8 Å². The molecule has 3 aliphatic rings. The fraction of sp³-hybridized carbons (Fsp3) is 1.00. The smallest absolute Gasteiger partial charge is 0.0194 e. The molecule has 0 spiro atoms. The molecule has 1 saturated carbocycles. The van der Waals surface area contributed by atoms with Crippen LogP contribution in [0.1, 0.15) is 46.0 Å². The van der Waals surface area contributed by atoms with Gasteiger partial charge in [0.1, 0.15) is 0 Å². The molecule has 2 atom stereocenters. The number of piperidine rings is 1. The van der Waals surface area contributed by atoms with Crippen molar-refractivity contribution in [3.8, 4) is 0 Å². The van der Waals surface area contributed by atoms with E-state index in [1.165, 1.54) is 63.2 Å². The number of thioether (sulfide) groups is 1. The fourth-order valence-corrected chi connectivity index (χ4v) is 5.19. The maximum atomic E-state index is 3.59. The van der Waals surface area contributed by atoms with Crippen LogP contribution >= 0.6 is 11.8 Å². The Kier molecular flexibility index (Phi) is 4.45. The summed E-state index contributed by atoms with van der Waals surface area (Å²) in [6.45, 7) is 8.77. The SMILES string of the molecule is CC1(C)CSCC(N(CC2CCCNC2)C2CC2)C1. The van der Waals surface area contributed by atoms with Crippen LogP contribution in [0.4, 0.5) is 0 Å². The summed E-state index contributed by atoms with van der Waals surface area (Å²) < 4.78 is 0. The first-order chi connectivity index (χ1) is 9.14. The summed E-state index contributed by atoms with van der Waals surface area (Å²) in [6.07, 6.45) is 7.16. The third-order valence-electron chi connectivity index (χ3n) is 4.94. The Bertz CT molecular complexity index is 295. The van der Waals surface area contributed by atoms with Gasteiger partial charge in [0.15, 0.2) is 0 Å². The molecule has 110 valence electrons. The molecule has 2 heterocycles. The van der Waals surface area contributed by atoms with Gasteiger partial charge in [0.05, 0.1) is 0 Å². The van der Waals surface area contributed by atoms with Gasteiger partial charge in [-0.15, -0.1) is 0 Å². The Balaban J connectivity index is 1.60. The van der Waals surface area contributed by atoms with Crippen molar-refractivity contribution in [2.75, 3.05) is 31.1 Å². The van der Waals surface area contributed by atoms with Crippen molar-refractivity contribution in [1.29, 1.82) is 0 Å². The van der Waals surface area contributed by atoms with Crippen molar-refractivity contribution < 1.29 is 0 Å². The van der Waals surface area contributed by atoms with E-state index >= 15 is 0 Å².